The Balaban J connectivity index is 4.93. The van der Waals surface area contributed by atoms with Gasteiger partial charge in [-0.15, -0.1) is 0 Å². The molecule has 0 spiro atoms. The highest BCUT2D eigenvalue weighted by Gasteiger charge is 2.49. The van der Waals surface area contributed by atoms with Crippen molar-refractivity contribution in [2.24, 2.45) is 11.3 Å². The van der Waals surface area contributed by atoms with E-state index in [1.807, 2.05) is 6.92 Å². The molecule has 0 bridgehead atoms. The maximum absolute atomic E-state index is 12.8. The van der Waals surface area contributed by atoms with E-state index in [1.165, 1.54) is 12.8 Å². The Morgan fingerprint density at radius 3 is 2.00 bits per heavy atom. The Hall–Kier alpha value is -0.570. The van der Waals surface area contributed by atoms with Crippen LogP contribution in [0.15, 0.2) is 0 Å². The fourth-order valence-electron chi connectivity index (χ4n) is 2.86. The van der Waals surface area contributed by atoms with E-state index >= 15 is 0 Å². The van der Waals surface area contributed by atoms with E-state index in [1.54, 1.807) is 0 Å². The van der Waals surface area contributed by atoms with Crippen molar-refractivity contribution in [1.29, 1.82) is 0 Å². The highest BCUT2D eigenvalue weighted by atomic mass is 16.5. The standard InChI is InChI=1S/C19H40NO2/c1-10-12-13-16(11-2)14-22-17(21)19(6,20(7,8)9)15-18(3,4)5/h16H,10-15H2,1-9H3/q+1. The van der Waals surface area contributed by atoms with Crippen molar-refractivity contribution in [3.63, 3.8) is 0 Å². The van der Waals surface area contributed by atoms with Crippen LogP contribution in [0.2, 0.25) is 0 Å². The van der Waals surface area contributed by atoms with Gasteiger partial charge in [0.15, 0.2) is 5.54 Å². The molecule has 0 aliphatic carbocycles. The monoisotopic (exact) mass is 314 g/mol. The van der Waals surface area contributed by atoms with Gasteiger partial charge in [-0.3, -0.25) is 0 Å². The van der Waals surface area contributed by atoms with Crippen LogP contribution in [-0.4, -0.2) is 43.7 Å². The van der Waals surface area contributed by atoms with Crippen molar-refractivity contribution in [3.8, 4) is 0 Å². The Morgan fingerprint density at radius 1 is 1.09 bits per heavy atom. The summed E-state index contributed by atoms with van der Waals surface area (Å²) in [5.41, 5.74) is -0.424. The molecule has 3 heteroatoms. The molecule has 0 saturated carbocycles. The molecule has 2 unspecified atom stereocenters. The van der Waals surface area contributed by atoms with Crippen molar-refractivity contribution in [2.75, 3.05) is 27.7 Å². The van der Waals surface area contributed by atoms with E-state index in [0.717, 1.165) is 19.3 Å². The van der Waals surface area contributed by atoms with E-state index in [0.29, 0.717) is 17.0 Å². The maximum atomic E-state index is 12.8. The average molecular weight is 315 g/mol. The molecule has 22 heavy (non-hydrogen) atoms. The zero-order valence-corrected chi connectivity index (χ0v) is 16.6. The van der Waals surface area contributed by atoms with Gasteiger partial charge >= 0.3 is 5.97 Å². The Bertz CT molecular complexity index is 338. The largest absolute Gasteiger partial charge is 0.461 e. The number of carbonyl (C=O) groups is 1. The lowest BCUT2D eigenvalue weighted by Crippen LogP contribution is -2.62. The van der Waals surface area contributed by atoms with Gasteiger partial charge in [-0.2, -0.15) is 0 Å². The van der Waals surface area contributed by atoms with Gasteiger partial charge in [-0.25, -0.2) is 4.79 Å². The van der Waals surface area contributed by atoms with Gasteiger partial charge in [0.2, 0.25) is 0 Å². The fraction of sp³-hybridized carbons (Fsp3) is 0.947. The molecule has 2 atom stereocenters. The van der Waals surface area contributed by atoms with E-state index in [-0.39, 0.29) is 11.4 Å². The molecule has 0 aliphatic heterocycles. The van der Waals surface area contributed by atoms with Crippen molar-refractivity contribution in [1.82, 2.24) is 0 Å². The summed E-state index contributed by atoms with van der Waals surface area (Å²) >= 11 is 0. The molecule has 0 aromatic heterocycles. The maximum Gasteiger partial charge on any atom is 0.367 e. The zero-order chi connectivity index (χ0) is 17.6. The third-order valence-corrected chi connectivity index (χ3v) is 4.79. The molecule has 0 aliphatic rings. The minimum Gasteiger partial charge on any atom is -0.461 e. The SMILES string of the molecule is CCCCC(CC)COC(=O)C(C)(CC(C)(C)C)[N+](C)(C)C. The summed E-state index contributed by atoms with van der Waals surface area (Å²) in [6.45, 7) is 13.6. The number of esters is 1. The minimum absolute atomic E-state index is 0.0510. The molecule has 3 nitrogen and oxygen atoms in total. The van der Waals surface area contributed by atoms with E-state index < -0.39 is 5.54 Å². The van der Waals surface area contributed by atoms with E-state index in [9.17, 15) is 4.79 Å². The summed E-state index contributed by atoms with van der Waals surface area (Å²) in [6.07, 6.45) is 5.46. The topological polar surface area (TPSA) is 26.3 Å². The summed E-state index contributed by atoms with van der Waals surface area (Å²) in [4.78, 5) is 12.8. The highest BCUT2D eigenvalue weighted by Crippen LogP contribution is 2.34. The third kappa shape index (κ3) is 6.68. The number of quaternary nitrogens is 1. The summed E-state index contributed by atoms with van der Waals surface area (Å²) < 4.78 is 6.37. The van der Waals surface area contributed by atoms with Crippen LogP contribution in [0.1, 0.15) is 73.6 Å². The first-order valence-corrected chi connectivity index (χ1v) is 8.86. The van der Waals surface area contributed by atoms with Gasteiger partial charge in [0.1, 0.15) is 0 Å². The normalized spacial score (nSPS) is 17.0. The van der Waals surface area contributed by atoms with Crippen molar-refractivity contribution in [3.05, 3.63) is 0 Å². The summed E-state index contributed by atoms with van der Waals surface area (Å²) in [7, 11) is 6.25. The minimum atomic E-state index is -0.513. The predicted molar refractivity (Wildman–Crippen MR) is 94.8 cm³/mol. The lowest BCUT2D eigenvalue weighted by molar-refractivity contribution is -0.913. The Morgan fingerprint density at radius 2 is 1.64 bits per heavy atom. The van der Waals surface area contributed by atoms with Gasteiger partial charge in [0.25, 0.3) is 0 Å². The van der Waals surface area contributed by atoms with E-state index in [2.05, 4.69) is 55.8 Å². The molecule has 0 N–H and O–H groups in total. The Labute approximate surface area is 139 Å². The van der Waals surface area contributed by atoms with Gasteiger partial charge in [0, 0.05) is 13.3 Å². The second-order valence-electron chi connectivity index (χ2n) is 9.04. The molecule has 0 aromatic rings. The number of ether oxygens (including phenoxy) is 1. The van der Waals surface area contributed by atoms with Gasteiger partial charge in [0.05, 0.1) is 27.7 Å². The van der Waals surface area contributed by atoms with Crippen LogP contribution in [0.4, 0.5) is 0 Å². The predicted octanol–water partition coefficient (Wildman–Crippen LogP) is 4.65. The molecule has 132 valence electrons. The number of nitrogens with zero attached hydrogens (tertiary/aromatic N) is 1. The zero-order valence-electron chi connectivity index (χ0n) is 16.6. The van der Waals surface area contributed by atoms with Gasteiger partial charge < -0.3 is 9.22 Å². The van der Waals surface area contributed by atoms with Crippen LogP contribution < -0.4 is 0 Å². The van der Waals surface area contributed by atoms with Crippen LogP contribution in [0, 0.1) is 11.3 Å². The number of likely N-dealkylation sites (N-methyl/N-ethyl adjacent to an activating group) is 1. The summed E-state index contributed by atoms with van der Waals surface area (Å²) in [5, 5.41) is 0. The molecule has 0 rings (SSSR count). The molecule has 0 amide bonds. The molecule has 0 fully saturated rings. The summed E-state index contributed by atoms with van der Waals surface area (Å²) in [6, 6.07) is 0. The van der Waals surface area contributed by atoms with Gasteiger partial charge in [-0.05, 0) is 17.8 Å². The first-order valence-electron chi connectivity index (χ1n) is 8.86. The van der Waals surface area contributed by atoms with Crippen LogP contribution in [0.5, 0.6) is 0 Å². The van der Waals surface area contributed by atoms with Crippen molar-refractivity contribution in [2.45, 2.75) is 79.2 Å². The van der Waals surface area contributed by atoms with Crippen LogP contribution in [0.25, 0.3) is 0 Å². The van der Waals surface area contributed by atoms with Gasteiger partial charge in [-0.1, -0.05) is 53.9 Å². The number of rotatable bonds is 9. The third-order valence-electron chi connectivity index (χ3n) is 4.79. The second-order valence-corrected chi connectivity index (χ2v) is 9.04. The molecular formula is C19H40NO2+. The Kier molecular flexibility index (Phi) is 8.11. The summed E-state index contributed by atoms with van der Waals surface area (Å²) in [5.74, 6) is 0.445. The smallest absolute Gasteiger partial charge is 0.367 e. The molecule has 0 saturated heterocycles. The molecule has 0 aromatic carbocycles. The fourth-order valence-corrected chi connectivity index (χ4v) is 2.86. The van der Waals surface area contributed by atoms with Crippen LogP contribution >= 0.6 is 0 Å². The number of unbranched alkanes of at least 4 members (excludes halogenated alkanes) is 1. The lowest BCUT2D eigenvalue weighted by atomic mass is 9.79. The highest BCUT2D eigenvalue weighted by molar-refractivity contribution is 5.79. The quantitative estimate of drug-likeness (QED) is 0.457. The number of hydrogen-bond acceptors (Lipinski definition) is 2. The first-order chi connectivity index (χ1) is 9.87. The van der Waals surface area contributed by atoms with Crippen molar-refractivity contribution < 1.29 is 14.0 Å². The first kappa shape index (κ1) is 21.4. The van der Waals surface area contributed by atoms with Crippen LogP contribution in [-0.2, 0) is 9.53 Å². The average Bonchev–Trinajstić information content (AvgIpc) is 2.35. The lowest BCUT2D eigenvalue weighted by Gasteiger charge is -2.44. The van der Waals surface area contributed by atoms with Crippen molar-refractivity contribution >= 4 is 5.97 Å². The molecular weight excluding hydrogens is 274 g/mol. The second kappa shape index (κ2) is 8.33. The molecule has 0 radical (unpaired) electrons. The number of hydrogen-bond donors (Lipinski definition) is 0. The molecule has 0 heterocycles. The number of carbonyl (C=O) groups excluding carboxylic acids is 1. The van der Waals surface area contributed by atoms with E-state index in [4.69, 9.17) is 4.74 Å². The van der Waals surface area contributed by atoms with Crippen LogP contribution in [0.3, 0.4) is 0 Å².